The molecule has 0 saturated heterocycles. The molecule has 4 bridgehead atoms. The van der Waals surface area contributed by atoms with Gasteiger partial charge in [0.1, 0.15) is 0 Å². The Balaban J connectivity index is 1.20. The zero-order valence-electron chi connectivity index (χ0n) is 22.7. The Morgan fingerprint density at radius 3 is 2.28 bits per heavy atom. The Morgan fingerprint density at radius 1 is 0.974 bits per heavy atom. The van der Waals surface area contributed by atoms with Gasteiger partial charge in [0.05, 0.1) is 35.2 Å². The van der Waals surface area contributed by atoms with Crippen molar-refractivity contribution in [1.82, 2.24) is 20.4 Å². The minimum absolute atomic E-state index is 0.00688. The number of aromatic nitrogens is 2. The third kappa shape index (κ3) is 5.24. The van der Waals surface area contributed by atoms with E-state index in [1.54, 1.807) is 12.1 Å². The Morgan fingerprint density at radius 2 is 1.64 bits per heavy atom. The second-order valence-electron chi connectivity index (χ2n) is 13.0. The second kappa shape index (κ2) is 9.80. The average Bonchev–Trinajstić information content (AvgIpc) is 3.15. The van der Waals surface area contributed by atoms with Gasteiger partial charge in [-0.2, -0.15) is 5.10 Å². The van der Waals surface area contributed by atoms with Crippen LogP contribution in [0.3, 0.4) is 0 Å². The molecule has 4 aliphatic carbocycles. The summed E-state index contributed by atoms with van der Waals surface area (Å²) in [5.41, 5.74) is 5.23. The highest BCUT2D eigenvalue weighted by atomic mass is 35.5. The van der Waals surface area contributed by atoms with Crippen LogP contribution >= 0.6 is 34.8 Å². The van der Waals surface area contributed by atoms with Gasteiger partial charge in [-0.3, -0.25) is 4.79 Å². The van der Waals surface area contributed by atoms with Crippen LogP contribution in [0.15, 0.2) is 42.5 Å². The van der Waals surface area contributed by atoms with Gasteiger partial charge in [-0.15, -0.1) is 0 Å². The van der Waals surface area contributed by atoms with E-state index in [1.165, 1.54) is 38.5 Å². The molecule has 2 N–H and O–H groups in total. The van der Waals surface area contributed by atoms with E-state index < -0.39 is 0 Å². The number of hydrogen-bond donors (Lipinski definition) is 2. The highest BCUT2D eigenvalue weighted by Crippen LogP contribution is 2.66. The van der Waals surface area contributed by atoms with Gasteiger partial charge in [0.25, 0.3) is 0 Å². The minimum atomic E-state index is -0.00688. The molecule has 3 aromatic rings. The largest absolute Gasteiger partial charge is 0.349 e. The fourth-order valence-electron chi connectivity index (χ4n) is 8.64. The predicted octanol–water partition coefficient (Wildman–Crippen LogP) is 7.76. The van der Waals surface area contributed by atoms with Gasteiger partial charge in [-0.05, 0) is 92.5 Å². The summed E-state index contributed by atoms with van der Waals surface area (Å²) in [7, 11) is 0. The van der Waals surface area contributed by atoms with Gasteiger partial charge in [-0.25, -0.2) is 4.68 Å². The predicted molar refractivity (Wildman–Crippen MR) is 159 cm³/mol. The summed E-state index contributed by atoms with van der Waals surface area (Å²) in [6, 6.07) is 13.0. The standard InChI is InChI=1S/C31H35Cl3N4O/c1-19-25(14-35-27(39)15-36-31-13-20-11-29(2,17-31)16-30(3,12-20)18-31)37-38(26-9-8-23(33)10-24(26)34)28(19)21-4-6-22(32)7-5-21/h4-10,20,36H,11-18H2,1-3H3,(H,35,39)/t20-,29+,30-,31-. The molecule has 4 saturated carbocycles. The number of nitrogens with zero attached hydrogens (tertiary/aromatic N) is 2. The molecule has 0 radical (unpaired) electrons. The maximum Gasteiger partial charge on any atom is 0.234 e. The van der Waals surface area contributed by atoms with E-state index in [4.69, 9.17) is 39.9 Å². The number of nitrogens with one attached hydrogen (secondary N) is 2. The molecule has 0 aliphatic heterocycles. The first-order chi connectivity index (χ1) is 18.5. The van der Waals surface area contributed by atoms with E-state index in [1.807, 2.05) is 41.9 Å². The lowest BCUT2D eigenvalue weighted by Crippen LogP contribution is -2.65. The van der Waals surface area contributed by atoms with Gasteiger partial charge in [0.15, 0.2) is 0 Å². The van der Waals surface area contributed by atoms with Crippen LogP contribution in [0.25, 0.3) is 16.9 Å². The van der Waals surface area contributed by atoms with Crippen molar-refractivity contribution in [2.24, 2.45) is 16.7 Å². The summed E-state index contributed by atoms with van der Waals surface area (Å²) >= 11 is 18.9. The smallest absolute Gasteiger partial charge is 0.234 e. The van der Waals surface area contributed by atoms with E-state index >= 15 is 0 Å². The van der Waals surface area contributed by atoms with Crippen LogP contribution in [0, 0.1) is 23.7 Å². The number of hydrogen-bond acceptors (Lipinski definition) is 3. The lowest BCUT2D eigenvalue weighted by Gasteiger charge is -2.65. The lowest BCUT2D eigenvalue weighted by molar-refractivity contribution is -0.129. The van der Waals surface area contributed by atoms with Crippen molar-refractivity contribution in [3.63, 3.8) is 0 Å². The monoisotopic (exact) mass is 584 g/mol. The molecule has 1 aromatic heterocycles. The number of carbonyl (C=O) groups excluding carboxylic acids is 1. The van der Waals surface area contributed by atoms with Crippen LogP contribution in [-0.2, 0) is 11.3 Å². The van der Waals surface area contributed by atoms with Crippen LogP contribution in [-0.4, -0.2) is 27.8 Å². The fourth-order valence-corrected chi connectivity index (χ4v) is 9.26. The van der Waals surface area contributed by atoms with Crippen molar-refractivity contribution < 1.29 is 4.79 Å². The minimum Gasteiger partial charge on any atom is -0.349 e. The van der Waals surface area contributed by atoms with E-state index in [0.717, 1.165) is 34.1 Å². The Hall–Kier alpha value is -2.05. The maximum absolute atomic E-state index is 13.1. The molecule has 2 aromatic carbocycles. The lowest BCUT2D eigenvalue weighted by atomic mass is 9.43. The normalized spacial score (nSPS) is 29.1. The van der Waals surface area contributed by atoms with Gasteiger partial charge < -0.3 is 10.6 Å². The van der Waals surface area contributed by atoms with Crippen molar-refractivity contribution in [2.45, 2.75) is 71.4 Å². The molecular formula is C31H35Cl3N4O. The number of benzene rings is 2. The first-order valence-corrected chi connectivity index (χ1v) is 14.9. The molecule has 5 nitrogen and oxygen atoms in total. The van der Waals surface area contributed by atoms with Crippen LogP contribution in [0.1, 0.15) is 63.6 Å². The van der Waals surface area contributed by atoms with Gasteiger partial charge in [-0.1, -0.05) is 60.8 Å². The maximum atomic E-state index is 13.1. The molecule has 39 heavy (non-hydrogen) atoms. The van der Waals surface area contributed by atoms with E-state index in [0.29, 0.717) is 39.0 Å². The third-order valence-electron chi connectivity index (χ3n) is 9.18. The molecule has 4 fully saturated rings. The zero-order chi connectivity index (χ0) is 27.6. The molecule has 7 rings (SSSR count). The van der Waals surface area contributed by atoms with Crippen LogP contribution in [0.2, 0.25) is 15.1 Å². The van der Waals surface area contributed by atoms with E-state index in [2.05, 4.69) is 24.5 Å². The average molecular weight is 586 g/mol. The number of carbonyl (C=O) groups is 1. The van der Waals surface area contributed by atoms with Crippen LogP contribution < -0.4 is 10.6 Å². The highest BCUT2D eigenvalue weighted by Gasteiger charge is 2.59. The van der Waals surface area contributed by atoms with Crippen molar-refractivity contribution in [3.05, 3.63) is 68.8 Å². The van der Waals surface area contributed by atoms with Crippen molar-refractivity contribution >= 4 is 40.7 Å². The Bertz CT molecular complexity index is 1410. The van der Waals surface area contributed by atoms with Gasteiger partial charge >= 0.3 is 0 Å². The first-order valence-electron chi connectivity index (χ1n) is 13.8. The van der Waals surface area contributed by atoms with Crippen molar-refractivity contribution in [3.8, 4) is 16.9 Å². The summed E-state index contributed by atoms with van der Waals surface area (Å²) in [4.78, 5) is 13.1. The first kappa shape index (κ1) is 27.1. The Labute approximate surface area is 245 Å². The van der Waals surface area contributed by atoms with E-state index in [9.17, 15) is 4.79 Å². The molecule has 0 spiro atoms. The quantitative estimate of drug-likeness (QED) is 0.298. The number of rotatable bonds is 7. The molecule has 8 heteroatoms. The van der Waals surface area contributed by atoms with Crippen molar-refractivity contribution in [1.29, 1.82) is 0 Å². The van der Waals surface area contributed by atoms with E-state index in [-0.39, 0.29) is 11.4 Å². The highest BCUT2D eigenvalue weighted by molar-refractivity contribution is 6.35. The molecule has 4 aliphatic rings. The number of amides is 1. The molecule has 206 valence electrons. The van der Waals surface area contributed by atoms with Crippen molar-refractivity contribution in [2.75, 3.05) is 6.54 Å². The summed E-state index contributed by atoms with van der Waals surface area (Å²) in [6.45, 7) is 7.59. The van der Waals surface area contributed by atoms with Crippen LogP contribution in [0.5, 0.6) is 0 Å². The van der Waals surface area contributed by atoms with Crippen LogP contribution in [0.4, 0.5) is 0 Å². The molecular weight excluding hydrogens is 551 g/mol. The topological polar surface area (TPSA) is 59.0 Å². The van der Waals surface area contributed by atoms with Gasteiger partial charge in [0.2, 0.25) is 5.91 Å². The Kier molecular flexibility index (Phi) is 6.82. The SMILES string of the molecule is Cc1c(CNC(=O)CN[C@@]23C[C@@H]4C[C@@](C)(C[C@@](C)(C4)C2)C3)nn(-c2ccc(Cl)cc2Cl)c1-c1ccc(Cl)cc1. The summed E-state index contributed by atoms with van der Waals surface area (Å²) in [5, 5.41) is 13.5. The fraction of sp³-hybridized carbons (Fsp3) is 0.484. The summed E-state index contributed by atoms with van der Waals surface area (Å²) in [6.07, 6.45) is 7.55. The molecule has 1 heterocycles. The molecule has 0 unspecified atom stereocenters. The zero-order valence-corrected chi connectivity index (χ0v) is 25.0. The van der Waals surface area contributed by atoms with Gasteiger partial charge in [0, 0.05) is 26.7 Å². The molecule has 1 amide bonds. The second-order valence-corrected chi connectivity index (χ2v) is 14.3. The number of halogens is 3. The molecule has 4 atom stereocenters. The summed E-state index contributed by atoms with van der Waals surface area (Å²) < 4.78 is 1.83. The summed E-state index contributed by atoms with van der Waals surface area (Å²) in [5.74, 6) is 0.775. The third-order valence-corrected chi connectivity index (χ3v) is 9.97.